The van der Waals surface area contributed by atoms with E-state index in [-0.39, 0.29) is 18.3 Å². The summed E-state index contributed by atoms with van der Waals surface area (Å²) in [4.78, 5) is 11.9. The van der Waals surface area contributed by atoms with Crippen LogP contribution in [0.1, 0.15) is 12.5 Å². The second-order valence-electron chi connectivity index (χ2n) is 5.65. The van der Waals surface area contributed by atoms with Crippen molar-refractivity contribution in [3.8, 4) is 0 Å². The number of amides is 1. The Kier molecular flexibility index (Phi) is 5.04. The number of halogens is 1. The van der Waals surface area contributed by atoms with E-state index >= 15 is 0 Å². The fourth-order valence-corrected chi connectivity index (χ4v) is 2.42. The van der Waals surface area contributed by atoms with Gasteiger partial charge in [0.15, 0.2) is 0 Å². The normalized spacial score (nSPS) is 11.4. The molecular formula is C20H18FN3O. The average molecular weight is 335 g/mol. The Balaban J connectivity index is 1.56. The number of fused-ring (bicyclic) bond motifs is 1. The summed E-state index contributed by atoms with van der Waals surface area (Å²) in [6.07, 6.45) is 0. The van der Waals surface area contributed by atoms with Crippen LogP contribution in [0.2, 0.25) is 0 Å². The Morgan fingerprint density at radius 3 is 2.48 bits per heavy atom. The van der Waals surface area contributed by atoms with Gasteiger partial charge < -0.3 is 5.32 Å². The van der Waals surface area contributed by atoms with Gasteiger partial charge in [-0.15, -0.1) is 0 Å². The zero-order chi connectivity index (χ0) is 17.6. The van der Waals surface area contributed by atoms with E-state index in [0.29, 0.717) is 5.71 Å². The Bertz CT molecular complexity index is 920. The summed E-state index contributed by atoms with van der Waals surface area (Å²) in [7, 11) is 0. The second-order valence-corrected chi connectivity index (χ2v) is 5.65. The lowest BCUT2D eigenvalue weighted by Gasteiger charge is -2.07. The lowest BCUT2D eigenvalue weighted by Crippen LogP contribution is -2.26. The van der Waals surface area contributed by atoms with Gasteiger partial charge in [0, 0.05) is 5.69 Å². The van der Waals surface area contributed by atoms with Crippen molar-refractivity contribution in [3.63, 3.8) is 0 Å². The second kappa shape index (κ2) is 7.57. The van der Waals surface area contributed by atoms with Gasteiger partial charge in [-0.25, -0.2) is 9.82 Å². The van der Waals surface area contributed by atoms with Crippen LogP contribution in [0.15, 0.2) is 71.8 Å². The fraction of sp³-hybridized carbons (Fsp3) is 0.100. The van der Waals surface area contributed by atoms with E-state index in [2.05, 4.69) is 15.8 Å². The first-order chi connectivity index (χ1) is 12.1. The molecule has 3 aromatic rings. The number of hydrogen-bond donors (Lipinski definition) is 2. The first-order valence-corrected chi connectivity index (χ1v) is 7.93. The maximum atomic E-state index is 12.9. The third-order valence-electron chi connectivity index (χ3n) is 3.81. The number of carbonyl (C=O) groups is 1. The van der Waals surface area contributed by atoms with Gasteiger partial charge in [0.05, 0.1) is 12.3 Å². The number of carbonyl (C=O) groups excluding carboxylic acids is 1. The molecule has 1 amide bonds. The zero-order valence-corrected chi connectivity index (χ0v) is 13.8. The third-order valence-corrected chi connectivity index (χ3v) is 3.81. The van der Waals surface area contributed by atoms with E-state index in [0.717, 1.165) is 22.0 Å². The minimum atomic E-state index is -0.305. The molecule has 0 saturated heterocycles. The molecule has 25 heavy (non-hydrogen) atoms. The van der Waals surface area contributed by atoms with Crippen LogP contribution in [-0.4, -0.2) is 18.2 Å². The number of hydrazone groups is 1. The van der Waals surface area contributed by atoms with Gasteiger partial charge in [-0.3, -0.25) is 4.79 Å². The number of nitrogens with one attached hydrogen (secondary N) is 2. The molecule has 3 rings (SSSR count). The Morgan fingerprint density at radius 2 is 1.72 bits per heavy atom. The van der Waals surface area contributed by atoms with Crippen molar-refractivity contribution in [2.24, 2.45) is 5.10 Å². The van der Waals surface area contributed by atoms with Crippen LogP contribution in [0.25, 0.3) is 10.8 Å². The van der Waals surface area contributed by atoms with Crippen LogP contribution < -0.4 is 10.7 Å². The van der Waals surface area contributed by atoms with Crippen molar-refractivity contribution < 1.29 is 9.18 Å². The first kappa shape index (κ1) is 16.6. The number of nitrogens with zero attached hydrogens (tertiary/aromatic N) is 1. The summed E-state index contributed by atoms with van der Waals surface area (Å²) >= 11 is 0. The predicted molar refractivity (Wildman–Crippen MR) is 99.2 cm³/mol. The molecule has 0 radical (unpaired) electrons. The Labute approximate surface area is 145 Å². The van der Waals surface area contributed by atoms with Crippen LogP contribution in [0.4, 0.5) is 10.1 Å². The molecule has 0 aliphatic rings. The molecule has 0 bridgehead atoms. The van der Waals surface area contributed by atoms with Gasteiger partial charge in [-0.05, 0) is 47.5 Å². The van der Waals surface area contributed by atoms with Gasteiger partial charge in [0.25, 0.3) is 5.91 Å². The minimum absolute atomic E-state index is 0.110. The van der Waals surface area contributed by atoms with Crippen LogP contribution in [0, 0.1) is 5.82 Å². The molecule has 0 aliphatic carbocycles. The molecule has 2 N–H and O–H groups in total. The molecule has 5 heteroatoms. The molecular weight excluding hydrogens is 317 g/mol. The SMILES string of the molecule is C/C(=N/NC(=O)CNc1ccc2ccccc2c1)c1ccc(F)cc1. The standard InChI is InChI=1S/C20H18FN3O/c1-14(15-6-9-18(21)10-7-15)23-24-20(25)13-22-19-11-8-16-4-2-3-5-17(16)12-19/h2-12,22H,13H2,1H3,(H,24,25)/b23-14-. The van der Waals surface area contributed by atoms with E-state index in [1.165, 1.54) is 12.1 Å². The van der Waals surface area contributed by atoms with Gasteiger partial charge in [-0.2, -0.15) is 5.10 Å². The maximum absolute atomic E-state index is 12.9. The number of anilines is 1. The van der Waals surface area contributed by atoms with Crippen molar-refractivity contribution in [2.45, 2.75) is 6.92 Å². The largest absolute Gasteiger partial charge is 0.376 e. The van der Waals surface area contributed by atoms with Gasteiger partial charge >= 0.3 is 0 Å². The molecule has 0 heterocycles. The Morgan fingerprint density at radius 1 is 1.00 bits per heavy atom. The molecule has 126 valence electrons. The van der Waals surface area contributed by atoms with Crippen LogP contribution >= 0.6 is 0 Å². The number of rotatable bonds is 5. The monoisotopic (exact) mass is 335 g/mol. The van der Waals surface area contributed by atoms with Crippen LogP contribution in [0.3, 0.4) is 0 Å². The number of hydrogen-bond acceptors (Lipinski definition) is 3. The highest BCUT2D eigenvalue weighted by atomic mass is 19.1. The quantitative estimate of drug-likeness (QED) is 0.548. The number of benzene rings is 3. The van der Waals surface area contributed by atoms with E-state index in [1.54, 1.807) is 19.1 Å². The molecule has 0 aliphatic heterocycles. The fourth-order valence-electron chi connectivity index (χ4n) is 2.42. The van der Waals surface area contributed by atoms with E-state index < -0.39 is 0 Å². The van der Waals surface area contributed by atoms with Crippen molar-refractivity contribution in [3.05, 3.63) is 78.1 Å². The average Bonchev–Trinajstić information content (AvgIpc) is 2.65. The van der Waals surface area contributed by atoms with E-state index in [4.69, 9.17) is 0 Å². The summed E-state index contributed by atoms with van der Waals surface area (Å²) in [5.41, 5.74) is 4.73. The maximum Gasteiger partial charge on any atom is 0.259 e. The first-order valence-electron chi connectivity index (χ1n) is 7.93. The molecule has 0 spiro atoms. The van der Waals surface area contributed by atoms with Gasteiger partial charge in [0.2, 0.25) is 0 Å². The van der Waals surface area contributed by atoms with E-state index in [1.807, 2.05) is 42.5 Å². The summed E-state index contributed by atoms with van der Waals surface area (Å²) in [5, 5.41) is 9.38. The highest BCUT2D eigenvalue weighted by Gasteiger charge is 2.03. The molecule has 0 saturated carbocycles. The Hall–Kier alpha value is -3.21. The molecule has 0 unspecified atom stereocenters. The topological polar surface area (TPSA) is 53.5 Å². The molecule has 0 atom stereocenters. The van der Waals surface area contributed by atoms with Crippen molar-refractivity contribution in [1.29, 1.82) is 0 Å². The molecule has 0 aromatic heterocycles. The molecule has 4 nitrogen and oxygen atoms in total. The van der Waals surface area contributed by atoms with Crippen molar-refractivity contribution in [2.75, 3.05) is 11.9 Å². The predicted octanol–water partition coefficient (Wildman–Crippen LogP) is 3.93. The highest BCUT2D eigenvalue weighted by Crippen LogP contribution is 2.18. The minimum Gasteiger partial charge on any atom is -0.376 e. The van der Waals surface area contributed by atoms with Crippen molar-refractivity contribution >= 4 is 28.1 Å². The summed E-state index contributed by atoms with van der Waals surface area (Å²) in [6.45, 7) is 1.86. The molecule has 0 fully saturated rings. The summed E-state index contributed by atoms with van der Waals surface area (Å²) in [5.74, 6) is -0.560. The smallest absolute Gasteiger partial charge is 0.259 e. The summed E-state index contributed by atoms with van der Waals surface area (Å²) in [6, 6.07) is 19.9. The van der Waals surface area contributed by atoms with Gasteiger partial charge in [-0.1, -0.05) is 42.5 Å². The van der Waals surface area contributed by atoms with Crippen LogP contribution in [0.5, 0.6) is 0 Å². The third kappa shape index (κ3) is 4.41. The highest BCUT2D eigenvalue weighted by molar-refractivity contribution is 5.99. The van der Waals surface area contributed by atoms with Crippen LogP contribution in [-0.2, 0) is 4.79 Å². The summed E-state index contributed by atoms with van der Waals surface area (Å²) < 4.78 is 12.9. The van der Waals surface area contributed by atoms with E-state index in [9.17, 15) is 9.18 Å². The molecule has 3 aromatic carbocycles. The lowest BCUT2D eigenvalue weighted by molar-refractivity contribution is -0.119. The lowest BCUT2D eigenvalue weighted by atomic mass is 10.1. The zero-order valence-electron chi connectivity index (χ0n) is 13.8. The van der Waals surface area contributed by atoms with Gasteiger partial charge in [0.1, 0.15) is 5.82 Å². The van der Waals surface area contributed by atoms with Crippen molar-refractivity contribution in [1.82, 2.24) is 5.43 Å².